The first-order chi connectivity index (χ1) is 21.6. The molecule has 1 saturated heterocycles. The molecule has 0 bridgehead atoms. The van der Waals surface area contributed by atoms with E-state index in [-0.39, 0.29) is 24.8 Å². The van der Waals surface area contributed by atoms with Crippen LogP contribution in [-0.4, -0.2) is 86.8 Å². The summed E-state index contributed by atoms with van der Waals surface area (Å²) >= 11 is 0. The van der Waals surface area contributed by atoms with E-state index < -0.39 is 35.7 Å². The fourth-order valence-corrected chi connectivity index (χ4v) is 6.56. The molecule has 2 unspecified atom stereocenters. The third-order valence-electron chi connectivity index (χ3n) is 8.70. The number of aliphatic hydroxyl groups is 2. The lowest BCUT2D eigenvalue weighted by Crippen LogP contribution is -2.61. The van der Waals surface area contributed by atoms with Crippen molar-refractivity contribution in [3.8, 4) is 0 Å². The largest absolute Gasteiger partial charge is 0.392 e. The molecule has 2 amide bonds. The van der Waals surface area contributed by atoms with E-state index in [9.17, 15) is 19.8 Å². The average Bonchev–Trinajstić information content (AvgIpc) is 3.32. The fourth-order valence-electron chi connectivity index (χ4n) is 6.56. The number of amides is 2. The Morgan fingerprint density at radius 3 is 2.47 bits per heavy atom. The van der Waals surface area contributed by atoms with E-state index in [0.717, 1.165) is 28.8 Å². The highest BCUT2D eigenvalue weighted by Gasteiger charge is 2.37. The zero-order valence-corrected chi connectivity index (χ0v) is 26.6. The lowest BCUT2D eigenvalue weighted by Gasteiger charge is -2.42. The molecular formula is C36H47N5O4. The molecule has 1 aromatic heterocycles. The predicted molar refractivity (Wildman–Crippen MR) is 174 cm³/mol. The normalized spacial score (nSPS) is 21.9. The molecule has 3 aromatic rings. The first-order valence-electron chi connectivity index (χ1n) is 16.0. The number of piperazine rings is 1. The van der Waals surface area contributed by atoms with Gasteiger partial charge in [0.15, 0.2) is 0 Å². The van der Waals surface area contributed by atoms with E-state index in [1.54, 1.807) is 6.20 Å². The number of rotatable bonds is 11. The molecule has 2 aromatic carbocycles. The van der Waals surface area contributed by atoms with Crippen LogP contribution in [0.1, 0.15) is 55.5 Å². The van der Waals surface area contributed by atoms with Gasteiger partial charge in [0.05, 0.1) is 18.2 Å². The molecule has 1 fully saturated rings. The van der Waals surface area contributed by atoms with Crippen LogP contribution in [0.5, 0.6) is 0 Å². The first-order valence-corrected chi connectivity index (χ1v) is 16.0. The summed E-state index contributed by atoms with van der Waals surface area (Å²) in [5.41, 5.74) is 3.68. The van der Waals surface area contributed by atoms with Crippen molar-refractivity contribution in [3.05, 3.63) is 101 Å². The second kappa shape index (κ2) is 14.6. The van der Waals surface area contributed by atoms with Gasteiger partial charge in [-0.1, -0.05) is 60.7 Å². The van der Waals surface area contributed by atoms with E-state index in [1.165, 1.54) is 0 Å². The number of β-amino-alcohol motifs (C(OH)–C–C–N with tert-alkyl or cyclic N) is 1. The molecule has 9 heteroatoms. The number of nitrogens with one attached hydrogen (secondary N) is 2. The maximum absolute atomic E-state index is 13.8. The minimum atomic E-state index is -0.833. The van der Waals surface area contributed by atoms with Crippen molar-refractivity contribution in [3.63, 3.8) is 0 Å². The van der Waals surface area contributed by atoms with Crippen LogP contribution in [0.3, 0.4) is 0 Å². The minimum Gasteiger partial charge on any atom is -0.392 e. The molecule has 2 aliphatic rings. The third kappa shape index (κ3) is 8.98. The van der Waals surface area contributed by atoms with Crippen LogP contribution in [0.15, 0.2) is 79.1 Å². The number of nitrogens with zero attached hydrogens (tertiary/aromatic N) is 3. The second-order valence-corrected chi connectivity index (χ2v) is 13.6. The summed E-state index contributed by atoms with van der Waals surface area (Å²) in [5, 5.41) is 28.5. The number of fused-ring (bicyclic) bond motifs is 1. The average molecular weight is 614 g/mol. The Hall–Kier alpha value is -3.63. The van der Waals surface area contributed by atoms with Crippen molar-refractivity contribution in [2.24, 2.45) is 5.92 Å². The van der Waals surface area contributed by atoms with Crippen molar-refractivity contribution in [2.75, 3.05) is 26.2 Å². The Kier molecular flexibility index (Phi) is 10.7. The summed E-state index contributed by atoms with van der Waals surface area (Å²) in [6.07, 6.45) is 3.26. The topological polar surface area (TPSA) is 118 Å². The van der Waals surface area contributed by atoms with Gasteiger partial charge in [0.2, 0.25) is 11.8 Å². The molecule has 0 radical (unpaired) electrons. The predicted octanol–water partition coefficient (Wildman–Crippen LogP) is 2.87. The van der Waals surface area contributed by atoms with E-state index in [2.05, 4.69) is 25.4 Å². The van der Waals surface area contributed by atoms with Crippen LogP contribution in [0, 0.1) is 5.92 Å². The van der Waals surface area contributed by atoms with Gasteiger partial charge in [-0.3, -0.25) is 24.4 Å². The Balaban J connectivity index is 1.29. The van der Waals surface area contributed by atoms with Crippen molar-refractivity contribution in [1.82, 2.24) is 25.4 Å². The monoisotopic (exact) mass is 613 g/mol. The zero-order chi connectivity index (χ0) is 32.0. The van der Waals surface area contributed by atoms with Crippen LogP contribution in [0.2, 0.25) is 0 Å². The summed E-state index contributed by atoms with van der Waals surface area (Å²) in [7, 11) is 0. The SMILES string of the molecule is CC(C)(C)NC(=O)[C@@H]1CN(Cc2cccnc2)CCN1CC(O)CC(Cc1ccccc1)C(=O)N[C@H]1c2ccccc2C[C@@H]1O. The van der Waals surface area contributed by atoms with Crippen LogP contribution in [0.4, 0.5) is 0 Å². The van der Waals surface area contributed by atoms with Crippen molar-refractivity contribution < 1.29 is 19.8 Å². The molecule has 5 atom stereocenters. The van der Waals surface area contributed by atoms with Crippen LogP contribution < -0.4 is 10.6 Å². The quantitative estimate of drug-likeness (QED) is 0.263. The van der Waals surface area contributed by atoms with Gasteiger partial charge in [0.1, 0.15) is 6.04 Å². The number of benzene rings is 2. The third-order valence-corrected chi connectivity index (χ3v) is 8.70. The van der Waals surface area contributed by atoms with E-state index in [4.69, 9.17) is 0 Å². The highest BCUT2D eigenvalue weighted by molar-refractivity contribution is 5.83. The first kappa shape index (κ1) is 32.8. The number of carbonyl (C=O) groups is 2. The van der Waals surface area contributed by atoms with Gasteiger partial charge in [-0.25, -0.2) is 0 Å². The second-order valence-electron chi connectivity index (χ2n) is 13.6. The lowest BCUT2D eigenvalue weighted by molar-refractivity contribution is -0.132. The Morgan fingerprint density at radius 2 is 1.73 bits per heavy atom. The van der Waals surface area contributed by atoms with Gasteiger partial charge >= 0.3 is 0 Å². The van der Waals surface area contributed by atoms with Crippen LogP contribution >= 0.6 is 0 Å². The Morgan fingerprint density at radius 1 is 1.00 bits per heavy atom. The van der Waals surface area contributed by atoms with Crippen molar-refractivity contribution in [1.29, 1.82) is 0 Å². The van der Waals surface area contributed by atoms with E-state index in [1.807, 2.05) is 93.7 Å². The van der Waals surface area contributed by atoms with Gasteiger partial charge in [-0.05, 0) is 61.9 Å². The molecule has 0 saturated carbocycles. The summed E-state index contributed by atoms with van der Waals surface area (Å²) < 4.78 is 0. The number of carbonyl (C=O) groups excluding carboxylic acids is 2. The maximum atomic E-state index is 13.8. The van der Waals surface area contributed by atoms with Crippen LogP contribution in [-0.2, 0) is 29.0 Å². The molecule has 9 nitrogen and oxygen atoms in total. The molecule has 2 heterocycles. The lowest BCUT2D eigenvalue weighted by atomic mass is 9.91. The van der Waals surface area contributed by atoms with Crippen LogP contribution in [0.25, 0.3) is 0 Å². The van der Waals surface area contributed by atoms with Crippen molar-refractivity contribution in [2.45, 2.75) is 76.4 Å². The van der Waals surface area contributed by atoms with Gasteiger partial charge in [-0.2, -0.15) is 0 Å². The van der Waals surface area contributed by atoms with E-state index in [0.29, 0.717) is 32.5 Å². The summed E-state index contributed by atoms with van der Waals surface area (Å²) in [4.78, 5) is 35.9. The zero-order valence-electron chi connectivity index (χ0n) is 26.6. The number of hydrogen-bond donors (Lipinski definition) is 4. The summed E-state index contributed by atoms with van der Waals surface area (Å²) in [6.45, 7) is 8.74. The van der Waals surface area contributed by atoms with E-state index >= 15 is 0 Å². The number of hydrogen-bond acceptors (Lipinski definition) is 7. The number of aliphatic hydroxyl groups excluding tert-OH is 2. The van der Waals surface area contributed by atoms with Crippen molar-refractivity contribution >= 4 is 11.8 Å². The molecule has 1 aliphatic heterocycles. The summed E-state index contributed by atoms with van der Waals surface area (Å²) in [5.74, 6) is -0.781. The molecule has 5 rings (SSSR count). The highest BCUT2D eigenvalue weighted by Crippen LogP contribution is 2.32. The van der Waals surface area contributed by atoms with Gasteiger partial charge < -0.3 is 20.8 Å². The molecule has 1 aliphatic carbocycles. The van der Waals surface area contributed by atoms with Gasteiger partial charge in [-0.15, -0.1) is 0 Å². The van der Waals surface area contributed by atoms with Gasteiger partial charge in [0.25, 0.3) is 0 Å². The Bertz CT molecular complexity index is 1410. The number of aromatic nitrogens is 1. The molecule has 240 valence electrons. The Labute approximate surface area is 266 Å². The molecular weight excluding hydrogens is 566 g/mol. The smallest absolute Gasteiger partial charge is 0.239 e. The fraction of sp³-hybridized carbons (Fsp3) is 0.472. The minimum absolute atomic E-state index is 0.0712. The maximum Gasteiger partial charge on any atom is 0.239 e. The standard InChI is InChI=1S/C36H47N5O4/c1-36(2,3)39-35(45)31-24-40(22-26-12-9-15-37-21-26)16-17-41(31)23-29(42)19-28(18-25-10-5-4-6-11-25)34(44)38-33-30-14-8-7-13-27(30)20-32(33)43/h4-15,21,28-29,31-33,42-43H,16-20,22-24H2,1-3H3,(H,38,44)(H,39,45)/t28?,29?,31-,32-,33-/m0/s1. The molecule has 0 spiro atoms. The molecule has 45 heavy (non-hydrogen) atoms. The molecule has 4 N–H and O–H groups in total. The highest BCUT2D eigenvalue weighted by atomic mass is 16.3. The van der Waals surface area contributed by atoms with Gasteiger partial charge in [0, 0.05) is 63.0 Å². The number of pyridine rings is 1. The summed E-state index contributed by atoms with van der Waals surface area (Å²) in [6, 6.07) is 20.6.